The van der Waals surface area contributed by atoms with Gasteiger partial charge in [-0.05, 0) is 12.8 Å². The SMILES string of the molecule is CC(C)C(C)NC(=O)CNCC(F)(F)CO. The van der Waals surface area contributed by atoms with E-state index in [4.69, 9.17) is 5.11 Å². The Bertz CT molecular complexity index is 223. The van der Waals surface area contributed by atoms with Gasteiger partial charge in [-0.3, -0.25) is 4.79 Å². The first-order valence-corrected chi connectivity index (χ1v) is 5.27. The van der Waals surface area contributed by atoms with Gasteiger partial charge in [0.2, 0.25) is 5.91 Å². The number of rotatable bonds is 7. The van der Waals surface area contributed by atoms with Gasteiger partial charge in [-0.1, -0.05) is 13.8 Å². The van der Waals surface area contributed by atoms with Crippen LogP contribution < -0.4 is 10.6 Å². The van der Waals surface area contributed by atoms with Crippen molar-refractivity contribution in [3.05, 3.63) is 0 Å². The van der Waals surface area contributed by atoms with E-state index in [0.717, 1.165) is 0 Å². The zero-order valence-electron chi connectivity index (χ0n) is 9.89. The van der Waals surface area contributed by atoms with Gasteiger partial charge in [0.25, 0.3) is 5.92 Å². The number of alkyl halides is 2. The number of nitrogens with one attached hydrogen (secondary N) is 2. The van der Waals surface area contributed by atoms with E-state index in [1.165, 1.54) is 0 Å². The molecule has 0 bridgehead atoms. The van der Waals surface area contributed by atoms with Gasteiger partial charge in [-0.25, -0.2) is 8.78 Å². The van der Waals surface area contributed by atoms with Gasteiger partial charge in [0, 0.05) is 6.04 Å². The largest absolute Gasteiger partial charge is 0.390 e. The van der Waals surface area contributed by atoms with Crippen molar-refractivity contribution in [3.8, 4) is 0 Å². The van der Waals surface area contributed by atoms with Gasteiger partial charge in [0.05, 0.1) is 13.1 Å². The van der Waals surface area contributed by atoms with Gasteiger partial charge in [0.15, 0.2) is 0 Å². The molecule has 0 aromatic heterocycles. The Labute approximate surface area is 94.4 Å². The van der Waals surface area contributed by atoms with Crippen LogP contribution >= 0.6 is 0 Å². The van der Waals surface area contributed by atoms with Gasteiger partial charge in [-0.15, -0.1) is 0 Å². The van der Waals surface area contributed by atoms with E-state index in [0.29, 0.717) is 5.92 Å². The molecular weight excluding hydrogens is 218 g/mol. The first-order valence-electron chi connectivity index (χ1n) is 5.27. The molecule has 4 nitrogen and oxygen atoms in total. The maximum absolute atomic E-state index is 12.5. The molecule has 0 aromatic rings. The smallest absolute Gasteiger partial charge is 0.282 e. The zero-order valence-corrected chi connectivity index (χ0v) is 9.89. The summed E-state index contributed by atoms with van der Waals surface area (Å²) in [5.41, 5.74) is 0. The molecule has 0 rings (SSSR count). The molecule has 0 fully saturated rings. The second kappa shape index (κ2) is 6.75. The molecule has 0 radical (unpaired) electrons. The highest BCUT2D eigenvalue weighted by Gasteiger charge is 2.27. The van der Waals surface area contributed by atoms with Gasteiger partial charge in [0.1, 0.15) is 6.61 Å². The lowest BCUT2D eigenvalue weighted by Crippen LogP contribution is -2.44. The summed E-state index contributed by atoms with van der Waals surface area (Å²) < 4.78 is 25.1. The molecule has 1 amide bonds. The summed E-state index contributed by atoms with van der Waals surface area (Å²) in [6.07, 6.45) is 0. The predicted octanol–water partition coefficient (Wildman–Crippen LogP) is 0.364. The summed E-state index contributed by atoms with van der Waals surface area (Å²) in [4.78, 5) is 11.3. The fourth-order valence-electron chi connectivity index (χ4n) is 0.886. The quantitative estimate of drug-likeness (QED) is 0.600. The van der Waals surface area contributed by atoms with Crippen LogP contribution in [0.3, 0.4) is 0 Å². The lowest BCUT2D eigenvalue weighted by Gasteiger charge is -2.18. The molecule has 0 saturated carbocycles. The Morgan fingerprint density at radius 3 is 2.38 bits per heavy atom. The first-order chi connectivity index (χ1) is 7.28. The Balaban J connectivity index is 3.75. The normalized spacial score (nSPS) is 13.9. The lowest BCUT2D eigenvalue weighted by molar-refractivity contribution is -0.121. The highest BCUT2D eigenvalue weighted by atomic mass is 19.3. The van der Waals surface area contributed by atoms with Crippen LogP contribution in [0.4, 0.5) is 8.78 Å². The van der Waals surface area contributed by atoms with Crippen molar-refractivity contribution < 1.29 is 18.7 Å². The summed E-state index contributed by atoms with van der Waals surface area (Å²) >= 11 is 0. The summed E-state index contributed by atoms with van der Waals surface area (Å²) in [5.74, 6) is -3.21. The van der Waals surface area contributed by atoms with Crippen LogP contribution in [0.1, 0.15) is 20.8 Å². The molecule has 96 valence electrons. The number of amides is 1. The van der Waals surface area contributed by atoms with E-state index >= 15 is 0 Å². The minimum absolute atomic E-state index is 0.00709. The van der Waals surface area contributed by atoms with E-state index < -0.39 is 19.1 Å². The summed E-state index contributed by atoms with van der Waals surface area (Å²) in [6, 6.07) is 0.00709. The van der Waals surface area contributed by atoms with E-state index in [-0.39, 0.29) is 18.5 Å². The molecule has 1 atom stereocenters. The Hall–Kier alpha value is -0.750. The average molecular weight is 238 g/mol. The molecule has 3 N–H and O–H groups in total. The van der Waals surface area contributed by atoms with Crippen molar-refractivity contribution in [2.75, 3.05) is 19.7 Å². The number of aliphatic hydroxyl groups is 1. The Kier molecular flexibility index (Phi) is 6.43. The van der Waals surface area contributed by atoms with Crippen LogP contribution in [0.25, 0.3) is 0 Å². The number of carbonyl (C=O) groups excluding carboxylic acids is 1. The predicted molar refractivity (Wildman–Crippen MR) is 57.3 cm³/mol. The highest BCUT2D eigenvalue weighted by molar-refractivity contribution is 5.78. The van der Waals surface area contributed by atoms with Crippen LogP contribution in [0, 0.1) is 5.92 Å². The Morgan fingerprint density at radius 1 is 1.38 bits per heavy atom. The van der Waals surface area contributed by atoms with E-state index in [1.54, 1.807) is 0 Å². The van der Waals surface area contributed by atoms with Gasteiger partial charge in [-0.2, -0.15) is 0 Å². The third kappa shape index (κ3) is 6.68. The monoisotopic (exact) mass is 238 g/mol. The van der Waals surface area contributed by atoms with E-state index in [1.807, 2.05) is 20.8 Å². The maximum Gasteiger partial charge on any atom is 0.282 e. The van der Waals surface area contributed by atoms with Crippen molar-refractivity contribution in [1.82, 2.24) is 10.6 Å². The summed E-state index contributed by atoms with van der Waals surface area (Å²) in [5, 5.41) is 13.3. The molecule has 0 saturated heterocycles. The molecule has 0 aliphatic heterocycles. The zero-order chi connectivity index (χ0) is 12.8. The number of carbonyl (C=O) groups is 1. The average Bonchev–Trinajstić information content (AvgIpc) is 2.17. The van der Waals surface area contributed by atoms with Crippen LogP contribution in [-0.2, 0) is 4.79 Å². The van der Waals surface area contributed by atoms with Crippen LogP contribution in [0.5, 0.6) is 0 Å². The third-order valence-electron chi connectivity index (χ3n) is 2.29. The van der Waals surface area contributed by atoms with Crippen molar-refractivity contribution in [2.45, 2.75) is 32.7 Å². The standard InChI is InChI=1S/C10H20F2N2O2/c1-7(2)8(3)14-9(16)4-13-5-10(11,12)6-15/h7-8,13,15H,4-6H2,1-3H3,(H,14,16). The van der Waals surface area contributed by atoms with Crippen LogP contribution in [-0.4, -0.2) is 42.7 Å². The molecule has 0 aromatic carbocycles. The topological polar surface area (TPSA) is 61.4 Å². The molecule has 0 aliphatic carbocycles. The second-order valence-electron chi connectivity index (χ2n) is 4.22. The first kappa shape index (κ1) is 15.2. The molecule has 1 unspecified atom stereocenters. The lowest BCUT2D eigenvalue weighted by atomic mass is 10.1. The number of hydrogen-bond acceptors (Lipinski definition) is 3. The minimum Gasteiger partial charge on any atom is -0.390 e. The van der Waals surface area contributed by atoms with E-state index in [9.17, 15) is 13.6 Å². The fraction of sp³-hybridized carbons (Fsp3) is 0.900. The minimum atomic E-state index is -3.18. The highest BCUT2D eigenvalue weighted by Crippen LogP contribution is 2.09. The molecular formula is C10H20F2N2O2. The Morgan fingerprint density at radius 2 is 1.94 bits per heavy atom. The van der Waals surface area contributed by atoms with E-state index in [2.05, 4.69) is 10.6 Å². The maximum atomic E-state index is 12.5. The van der Waals surface area contributed by atoms with Gasteiger partial charge >= 0.3 is 0 Å². The molecule has 16 heavy (non-hydrogen) atoms. The molecule has 6 heteroatoms. The summed E-state index contributed by atoms with van der Waals surface area (Å²) in [6.45, 7) is 3.67. The number of aliphatic hydroxyl groups excluding tert-OH is 1. The van der Waals surface area contributed by atoms with Crippen molar-refractivity contribution >= 4 is 5.91 Å². The summed E-state index contributed by atoms with van der Waals surface area (Å²) in [7, 11) is 0. The van der Waals surface area contributed by atoms with Gasteiger partial charge < -0.3 is 15.7 Å². The van der Waals surface area contributed by atoms with Crippen molar-refractivity contribution in [1.29, 1.82) is 0 Å². The third-order valence-corrected chi connectivity index (χ3v) is 2.29. The molecule has 0 aliphatic rings. The molecule has 0 spiro atoms. The number of hydrogen-bond donors (Lipinski definition) is 3. The van der Waals surface area contributed by atoms with Crippen LogP contribution in [0.2, 0.25) is 0 Å². The second-order valence-corrected chi connectivity index (χ2v) is 4.22. The number of halogens is 2. The fourth-order valence-corrected chi connectivity index (χ4v) is 0.886. The van der Waals surface area contributed by atoms with Crippen molar-refractivity contribution in [2.24, 2.45) is 5.92 Å². The van der Waals surface area contributed by atoms with Crippen molar-refractivity contribution in [3.63, 3.8) is 0 Å². The molecule has 0 heterocycles. The van der Waals surface area contributed by atoms with Crippen LogP contribution in [0.15, 0.2) is 0 Å².